The number of benzene rings is 2. The molecular weight excluding hydrogens is 404 g/mol. The molecule has 5 heteroatoms. The van der Waals surface area contributed by atoms with Crippen LogP contribution in [0.3, 0.4) is 0 Å². The smallest absolute Gasteiger partial charge is 0.201 e. The molecule has 2 aromatic carbocycles. The fourth-order valence-corrected chi connectivity index (χ4v) is 4.44. The highest BCUT2D eigenvalue weighted by Crippen LogP contribution is 2.40. The Bertz CT molecular complexity index is 914. The van der Waals surface area contributed by atoms with Crippen LogP contribution in [-0.2, 0) is 0 Å². The van der Waals surface area contributed by atoms with E-state index in [1.165, 1.54) is 36.9 Å². The average molecular weight is 435 g/mol. The number of halogens is 4. The standard InChI is InChI=1S/C26H30F4O/c1-3-5-6-16-31-22-15-14-21(25(29)26(22)30)20-13-12-19(23(27)24(20)28)18-10-8-17(7-4-2)9-11-18/h6,12-18H,3-5,7-11H2,1-2H3/b16-6+. The summed E-state index contributed by atoms with van der Waals surface area (Å²) >= 11 is 0. The fourth-order valence-electron chi connectivity index (χ4n) is 4.44. The minimum atomic E-state index is -1.26. The Balaban J connectivity index is 1.82. The molecule has 0 unspecified atom stereocenters. The van der Waals surface area contributed by atoms with Crippen molar-refractivity contribution in [3.8, 4) is 16.9 Å². The number of rotatable bonds is 8. The van der Waals surface area contributed by atoms with E-state index in [0.717, 1.165) is 44.9 Å². The topological polar surface area (TPSA) is 9.23 Å². The molecule has 0 bridgehead atoms. The number of hydrogen-bond donors (Lipinski definition) is 0. The minimum Gasteiger partial charge on any atom is -0.462 e. The Kier molecular flexibility index (Phi) is 8.16. The van der Waals surface area contributed by atoms with Crippen molar-refractivity contribution < 1.29 is 22.3 Å². The van der Waals surface area contributed by atoms with E-state index >= 15 is 0 Å². The van der Waals surface area contributed by atoms with Crippen molar-refractivity contribution in [3.05, 3.63) is 65.4 Å². The predicted octanol–water partition coefficient (Wildman–Crippen LogP) is 8.68. The van der Waals surface area contributed by atoms with Crippen molar-refractivity contribution in [1.29, 1.82) is 0 Å². The van der Waals surface area contributed by atoms with Crippen molar-refractivity contribution in [2.75, 3.05) is 0 Å². The quantitative estimate of drug-likeness (QED) is 0.298. The van der Waals surface area contributed by atoms with E-state index in [-0.39, 0.29) is 22.8 Å². The highest BCUT2D eigenvalue weighted by Gasteiger charge is 2.27. The Morgan fingerprint density at radius 3 is 2.10 bits per heavy atom. The molecule has 0 aliphatic heterocycles. The molecule has 0 saturated heterocycles. The van der Waals surface area contributed by atoms with E-state index < -0.39 is 23.3 Å². The van der Waals surface area contributed by atoms with E-state index in [9.17, 15) is 17.6 Å². The van der Waals surface area contributed by atoms with Gasteiger partial charge in [0.2, 0.25) is 5.82 Å². The zero-order valence-electron chi connectivity index (χ0n) is 18.2. The van der Waals surface area contributed by atoms with Crippen LogP contribution in [0, 0.1) is 29.2 Å². The van der Waals surface area contributed by atoms with Gasteiger partial charge in [-0.25, -0.2) is 13.2 Å². The first kappa shape index (κ1) is 23.4. The average Bonchev–Trinajstić information content (AvgIpc) is 2.77. The lowest BCUT2D eigenvalue weighted by atomic mass is 9.77. The van der Waals surface area contributed by atoms with Crippen LogP contribution in [-0.4, -0.2) is 0 Å². The van der Waals surface area contributed by atoms with Crippen molar-refractivity contribution in [2.24, 2.45) is 5.92 Å². The second-order valence-corrected chi connectivity index (χ2v) is 8.35. The van der Waals surface area contributed by atoms with Gasteiger partial charge in [0.05, 0.1) is 6.26 Å². The summed E-state index contributed by atoms with van der Waals surface area (Å²) in [6.45, 7) is 4.14. The molecule has 0 spiro atoms. The molecule has 1 nitrogen and oxygen atoms in total. The zero-order valence-corrected chi connectivity index (χ0v) is 18.2. The highest BCUT2D eigenvalue weighted by atomic mass is 19.2. The first-order valence-electron chi connectivity index (χ1n) is 11.3. The Morgan fingerprint density at radius 1 is 0.806 bits per heavy atom. The summed E-state index contributed by atoms with van der Waals surface area (Å²) < 4.78 is 64.0. The third-order valence-electron chi connectivity index (χ3n) is 6.18. The largest absolute Gasteiger partial charge is 0.462 e. The first-order chi connectivity index (χ1) is 15.0. The van der Waals surface area contributed by atoms with E-state index in [4.69, 9.17) is 4.74 Å². The Hall–Kier alpha value is -2.30. The van der Waals surface area contributed by atoms with Gasteiger partial charge in [0.15, 0.2) is 23.2 Å². The van der Waals surface area contributed by atoms with Gasteiger partial charge in [0.25, 0.3) is 0 Å². The van der Waals surface area contributed by atoms with Crippen molar-refractivity contribution in [2.45, 2.75) is 71.1 Å². The summed E-state index contributed by atoms with van der Waals surface area (Å²) in [4.78, 5) is 0. The van der Waals surface area contributed by atoms with Gasteiger partial charge < -0.3 is 4.74 Å². The highest BCUT2D eigenvalue weighted by molar-refractivity contribution is 5.66. The van der Waals surface area contributed by atoms with Gasteiger partial charge >= 0.3 is 0 Å². The van der Waals surface area contributed by atoms with Crippen LogP contribution in [0.15, 0.2) is 36.6 Å². The summed E-state index contributed by atoms with van der Waals surface area (Å²) in [5.41, 5.74) is -0.277. The predicted molar refractivity (Wildman–Crippen MR) is 116 cm³/mol. The SMILES string of the molecule is CCC/C=C/Oc1ccc(-c2ccc(C3CCC(CCC)CC3)c(F)c2F)c(F)c1F. The molecule has 1 aliphatic rings. The molecule has 0 aromatic heterocycles. The second-order valence-electron chi connectivity index (χ2n) is 8.35. The maximum Gasteiger partial charge on any atom is 0.201 e. The molecule has 168 valence electrons. The number of ether oxygens (including phenoxy) is 1. The van der Waals surface area contributed by atoms with Crippen molar-refractivity contribution in [1.82, 2.24) is 0 Å². The van der Waals surface area contributed by atoms with Crippen LogP contribution in [0.2, 0.25) is 0 Å². The monoisotopic (exact) mass is 434 g/mol. The maximum absolute atomic E-state index is 14.9. The van der Waals surface area contributed by atoms with Gasteiger partial charge in [-0.2, -0.15) is 4.39 Å². The van der Waals surface area contributed by atoms with Gasteiger partial charge in [0.1, 0.15) is 0 Å². The Morgan fingerprint density at radius 2 is 1.45 bits per heavy atom. The molecular formula is C26H30F4O. The molecule has 31 heavy (non-hydrogen) atoms. The summed E-state index contributed by atoms with van der Waals surface area (Å²) in [7, 11) is 0. The molecule has 1 fully saturated rings. The van der Waals surface area contributed by atoms with Crippen LogP contribution in [0.25, 0.3) is 11.1 Å². The molecule has 1 saturated carbocycles. The lowest BCUT2D eigenvalue weighted by Crippen LogP contribution is -2.15. The zero-order chi connectivity index (χ0) is 22.4. The van der Waals surface area contributed by atoms with Crippen LogP contribution in [0.4, 0.5) is 17.6 Å². The third-order valence-corrected chi connectivity index (χ3v) is 6.18. The van der Waals surface area contributed by atoms with Crippen LogP contribution < -0.4 is 4.74 Å². The maximum atomic E-state index is 14.9. The van der Waals surface area contributed by atoms with E-state index in [1.807, 2.05) is 6.92 Å². The number of allylic oxidation sites excluding steroid dienone is 1. The van der Waals surface area contributed by atoms with Gasteiger partial charge in [-0.1, -0.05) is 45.2 Å². The molecule has 2 aromatic rings. The summed E-state index contributed by atoms with van der Waals surface area (Å²) in [6, 6.07) is 5.32. The number of hydrogen-bond acceptors (Lipinski definition) is 1. The van der Waals surface area contributed by atoms with Crippen molar-refractivity contribution >= 4 is 0 Å². The fraction of sp³-hybridized carbons (Fsp3) is 0.462. The second kappa shape index (κ2) is 10.8. The van der Waals surface area contributed by atoms with Gasteiger partial charge in [-0.15, -0.1) is 0 Å². The molecule has 0 amide bonds. The normalized spacial score (nSPS) is 19.2. The molecule has 3 rings (SSSR count). The summed E-state index contributed by atoms with van der Waals surface area (Å²) in [5.74, 6) is -4.26. The van der Waals surface area contributed by atoms with Crippen LogP contribution >= 0.6 is 0 Å². The lowest BCUT2D eigenvalue weighted by Gasteiger charge is -2.29. The molecule has 0 heterocycles. The Labute approximate surface area is 182 Å². The molecule has 0 N–H and O–H groups in total. The van der Waals surface area contributed by atoms with Crippen LogP contribution in [0.5, 0.6) is 5.75 Å². The molecule has 1 aliphatic carbocycles. The molecule has 0 atom stereocenters. The molecule has 0 radical (unpaired) electrons. The van der Waals surface area contributed by atoms with Gasteiger partial charge in [-0.3, -0.25) is 0 Å². The van der Waals surface area contributed by atoms with Crippen LogP contribution in [0.1, 0.15) is 76.7 Å². The first-order valence-corrected chi connectivity index (χ1v) is 11.3. The van der Waals surface area contributed by atoms with Gasteiger partial charge in [-0.05, 0) is 67.7 Å². The van der Waals surface area contributed by atoms with Gasteiger partial charge in [0, 0.05) is 11.1 Å². The van der Waals surface area contributed by atoms with E-state index in [1.54, 1.807) is 6.08 Å². The number of unbranched alkanes of at least 4 members (excludes halogenated alkanes) is 1. The summed E-state index contributed by atoms with van der Waals surface area (Å²) in [6.07, 6.45) is 10.6. The van der Waals surface area contributed by atoms with E-state index in [0.29, 0.717) is 11.5 Å². The third kappa shape index (κ3) is 5.31. The summed E-state index contributed by atoms with van der Waals surface area (Å²) in [5, 5.41) is 0. The van der Waals surface area contributed by atoms with Crippen molar-refractivity contribution in [3.63, 3.8) is 0 Å². The minimum absolute atomic E-state index is 0.0380. The lowest BCUT2D eigenvalue weighted by molar-refractivity contribution is 0.303. The van der Waals surface area contributed by atoms with E-state index in [2.05, 4.69) is 6.92 Å².